The average molecular weight is 327 g/mol. The molecule has 0 radical (unpaired) electrons. The standard InChI is InChI=1S/C15H20BrFN2/c1-18-13-4-5-14(18)10-19(7-6-13)9-11-2-3-12(16)8-15(11)17/h2-3,8,13-14H,4-7,9-10H2,1H3. The molecule has 3 rings (SSSR count). The van der Waals surface area contributed by atoms with E-state index in [4.69, 9.17) is 0 Å². The van der Waals surface area contributed by atoms with Gasteiger partial charge in [0.1, 0.15) is 5.82 Å². The number of fused-ring (bicyclic) bond motifs is 2. The molecule has 0 saturated carbocycles. The number of benzene rings is 1. The molecule has 0 aliphatic carbocycles. The third-order valence-corrected chi connectivity index (χ3v) is 5.13. The van der Waals surface area contributed by atoms with Crippen LogP contribution in [0, 0.1) is 5.82 Å². The molecule has 2 unspecified atom stereocenters. The molecule has 2 saturated heterocycles. The zero-order valence-corrected chi connectivity index (χ0v) is 12.9. The first-order valence-corrected chi connectivity index (χ1v) is 7.81. The van der Waals surface area contributed by atoms with Crippen molar-refractivity contribution in [1.29, 1.82) is 0 Å². The van der Waals surface area contributed by atoms with Crippen LogP contribution in [0.4, 0.5) is 4.39 Å². The molecular formula is C15H20BrFN2. The van der Waals surface area contributed by atoms with Gasteiger partial charge in [0.15, 0.2) is 0 Å². The van der Waals surface area contributed by atoms with E-state index in [9.17, 15) is 4.39 Å². The van der Waals surface area contributed by atoms with Gasteiger partial charge in [-0.3, -0.25) is 9.80 Å². The fourth-order valence-electron chi connectivity index (χ4n) is 3.41. The minimum absolute atomic E-state index is 0.0999. The van der Waals surface area contributed by atoms with Gasteiger partial charge in [-0.15, -0.1) is 0 Å². The van der Waals surface area contributed by atoms with E-state index in [2.05, 4.69) is 32.8 Å². The molecule has 2 heterocycles. The zero-order valence-electron chi connectivity index (χ0n) is 11.3. The van der Waals surface area contributed by atoms with Crippen LogP contribution >= 0.6 is 15.9 Å². The van der Waals surface area contributed by atoms with E-state index in [1.54, 1.807) is 6.07 Å². The summed E-state index contributed by atoms with van der Waals surface area (Å²) in [5, 5.41) is 0. The highest BCUT2D eigenvalue weighted by molar-refractivity contribution is 9.10. The Labute approximate surface area is 122 Å². The van der Waals surface area contributed by atoms with E-state index in [1.807, 2.05) is 12.1 Å². The van der Waals surface area contributed by atoms with E-state index in [0.717, 1.165) is 35.7 Å². The van der Waals surface area contributed by atoms with E-state index in [1.165, 1.54) is 19.3 Å². The molecule has 2 aliphatic heterocycles. The van der Waals surface area contributed by atoms with E-state index in [-0.39, 0.29) is 5.82 Å². The van der Waals surface area contributed by atoms with Crippen LogP contribution in [0.25, 0.3) is 0 Å². The highest BCUT2D eigenvalue weighted by atomic mass is 79.9. The van der Waals surface area contributed by atoms with E-state index >= 15 is 0 Å². The Morgan fingerprint density at radius 3 is 2.84 bits per heavy atom. The van der Waals surface area contributed by atoms with Crippen molar-refractivity contribution in [3.63, 3.8) is 0 Å². The summed E-state index contributed by atoms with van der Waals surface area (Å²) in [5.41, 5.74) is 0.809. The largest absolute Gasteiger partial charge is 0.299 e. The lowest BCUT2D eigenvalue weighted by molar-refractivity contribution is 0.213. The summed E-state index contributed by atoms with van der Waals surface area (Å²) >= 11 is 3.31. The van der Waals surface area contributed by atoms with Gasteiger partial charge in [-0.1, -0.05) is 22.0 Å². The lowest BCUT2D eigenvalue weighted by Gasteiger charge is -2.25. The van der Waals surface area contributed by atoms with Crippen molar-refractivity contribution >= 4 is 15.9 Å². The second kappa shape index (κ2) is 5.51. The van der Waals surface area contributed by atoms with Crippen molar-refractivity contribution in [2.45, 2.75) is 37.9 Å². The summed E-state index contributed by atoms with van der Waals surface area (Å²) in [4.78, 5) is 4.94. The second-order valence-corrected chi connectivity index (χ2v) is 6.73. The lowest BCUT2D eigenvalue weighted by atomic mass is 10.1. The Kier molecular flexibility index (Phi) is 3.92. The average Bonchev–Trinajstić information content (AvgIpc) is 2.60. The summed E-state index contributed by atoms with van der Waals surface area (Å²) < 4.78 is 14.7. The summed E-state index contributed by atoms with van der Waals surface area (Å²) in [6.45, 7) is 2.89. The molecule has 1 aromatic carbocycles. The SMILES string of the molecule is CN1C2CCC1CN(Cc1ccc(Br)cc1F)CC2. The molecule has 2 fully saturated rings. The van der Waals surface area contributed by atoms with Crippen LogP contribution in [0.15, 0.2) is 22.7 Å². The molecule has 1 aromatic rings. The van der Waals surface area contributed by atoms with Gasteiger partial charge in [0, 0.05) is 41.8 Å². The Bertz CT molecular complexity index is 465. The van der Waals surface area contributed by atoms with Gasteiger partial charge in [-0.25, -0.2) is 4.39 Å². The third kappa shape index (κ3) is 2.86. The molecule has 0 N–H and O–H groups in total. The molecule has 104 valence electrons. The number of rotatable bonds is 2. The lowest BCUT2D eigenvalue weighted by Crippen LogP contribution is -2.36. The van der Waals surface area contributed by atoms with Gasteiger partial charge < -0.3 is 0 Å². The van der Waals surface area contributed by atoms with Crippen molar-refractivity contribution in [2.75, 3.05) is 20.1 Å². The topological polar surface area (TPSA) is 6.48 Å². The van der Waals surface area contributed by atoms with Gasteiger partial charge in [0.25, 0.3) is 0 Å². The molecule has 2 nitrogen and oxygen atoms in total. The first-order valence-electron chi connectivity index (χ1n) is 7.01. The molecule has 2 bridgehead atoms. The van der Waals surface area contributed by atoms with Gasteiger partial charge in [-0.2, -0.15) is 0 Å². The molecule has 0 amide bonds. The Morgan fingerprint density at radius 2 is 2.05 bits per heavy atom. The maximum Gasteiger partial charge on any atom is 0.128 e. The number of likely N-dealkylation sites (tertiary alicyclic amines) is 1. The molecule has 0 aromatic heterocycles. The van der Waals surface area contributed by atoms with Crippen LogP contribution in [0.2, 0.25) is 0 Å². The Morgan fingerprint density at radius 1 is 1.26 bits per heavy atom. The van der Waals surface area contributed by atoms with Crippen LogP contribution in [0.5, 0.6) is 0 Å². The van der Waals surface area contributed by atoms with Crippen molar-refractivity contribution in [3.8, 4) is 0 Å². The van der Waals surface area contributed by atoms with Gasteiger partial charge >= 0.3 is 0 Å². The van der Waals surface area contributed by atoms with Gasteiger partial charge in [-0.05, 0) is 38.4 Å². The second-order valence-electron chi connectivity index (χ2n) is 5.81. The minimum Gasteiger partial charge on any atom is -0.299 e. The number of hydrogen-bond acceptors (Lipinski definition) is 2. The predicted octanol–water partition coefficient (Wildman–Crippen LogP) is 3.26. The number of likely N-dealkylation sites (N-methyl/N-ethyl adjacent to an activating group) is 1. The third-order valence-electron chi connectivity index (χ3n) is 4.64. The monoisotopic (exact) mass is 326 g/mol. The highest BCUT2D eigenvalue weighted by Crippen LogP contribution is 2.29. The van der Waals surface area contributed by atoms with Crippen LogP contribution in [-0.2, 0) is 6.54 Å². The fourth-order valence-corrected chi connectivity index (χ4v) is 3.75. The molecule has 0 spiro atoms. The summed E-state index contributed by atoms with van der Waals surface area (Å²) in [7, 11) is 2.24. The van der Waals surface area contributed by atoms with Crippen molar-refractivity contribution < 1.29 is 4.39 Å². The quantitative estimate of drug-likeness (QED) is 0.823. The maximum atomic E-state index is 13.9. The summed E-state index contributed by atoms with van der Waals surface area (Å²) in [6.07, 6.45) is 3.84. The fraction of sp³-hybridized carbons (Fsp3) is 0.600. The van der Waals surface area contributed by atoms with Crippen molar-refractivity contribution in [2.24, 2.45) is 0 Å². The van der Waals surface area contributed by atoms with Crippen LogP contribution in [0.3, 0.4) is 0 Å². The van der Waals surface area contributed by atoms with Crippen LogP contribution < -0.4 is 0 Å². The summed E-state index contributed by atoms with van der Waals surface area (Å²) in [5.74, 6) is -0.0999. The number of hydrogen-bond donors (Lipinski definition) is 0. The predicted molar refractivity (Wildman–Crippen MR) is 78.6 cm³/mol. The number of halogens is 2. The minimum atomic E-state index is -0.0999. The van der Waals surface area contributed by atoms with Gasteiger partial charge in [0.05, 0.1) is 0 Å². The molecule has 19 heavy (non-hydrogen) atoms. The molecule has 2 aliphatic rings. The molecule has 4 heteroatoms. The molecule has 2 atom stereocenters. The maximum absolute atomic E-state index is 13.9. The first-order chi connectivity index (χ1) is 9.13. The van der Waals surface area contributed by atoms with Crippen molar-refractivity contribution in [3.05, 3.63) is 34.1 Å². The Hall–Kier alpha value is -0.450. The summed E-state index contributed by atoms with van der Waals surface area (Å²) in [6, 6.07) is 6.78. The van der Waals surface area contributed by atoms with Crippen LogP contribution in [-0.4, -0.2) is 42.0 Å². The smallest absolute Gasteiger partial charge is 0.128 e. The van der Waals surface area contributed by atoms with E-state index in [0.29, 0.717) is 6.04 Å². The zero-order chi connectivity index (χ0) is 13.4. The van der Waals surface area contributed by atoms with E-state index < -0.39 is 0 Å². The van der Waals surface area contributed by atoms with Gasteiger partial charge in [0.2, 0.25) is 0 Å². The van der Waals surface area contributed by atoms with Crippen LogP contribution in [0.1, 0.15) is 24.8 Å². The van der Waals surface area contributed by atoms with Crippen molar-refractivity contribution in [1.82, 2.24) is 9.80 Å². The normalized spacial score (nSPS) is 28.6. The molecular weight excluding hydrogens is 307 g/mol. The first kappa shape index (κ1) is 13.5. The number of nitrogens with zero attached hydrogens (tertiary/aromatic N) is 2. The highest BCUT2D eigenvalue weighted by Gasteiger charge is 2.34. The Balaban J connectivity index is 1.70.